The standard InChI is InChI=1S/C15H26N4O2/c1-5-6-13-14(19(20)21)15(18(4)17-13)16-12-8-7-10(2)11(3)9-12/h10-12,16H,5-9H2,1-4H3. The van der Waals surface area contributed by atoms with E-state index in [-0.39, 0.29) is 10.6 Å². The molecule has 3 atom stereocenters. The summed E-state index contributed by atoms with van der Waals surface area (Å²) in [5.74, 6) is 1.95. The van der Waals surface area contributed by atoms with Crippen LogP contribution in [0, 0.1) is 22.0 Å². The Kier molecular flexibility index (Phi) is 4.85. The van der Waals surface area contributed by atoms with E-state index in [0.717, 1.165) is 25.2 Å². The molecule has 0 bridgehead atoms. The van der Waals surface area contributed by atoms with E-state index in [0.29, 0.717) is 29.9 Å². The Balaban J connectivity index is 2.21. The summed E-state index contributed by atoms with van der Waals surface area (Å²) in [6, 6.07) is 0.305. The zero-order valence-electron chi connectivity index (χ0n) is 13.4. The van der Waals surface area contributed by atoms with Crippen molar-refractivity contribution in [1.82, 2.24) is 9.78 Å². The molecule has 1 N–H and O–H groups in total. The average molecular weight is 294 g/mol. The first-order valence-electron chi connectivity index (χ1n) is 7.90. The Morgan fingerprint density at radius 2 is 2.10 bits per heavy atom. The van der Waals surface area contributed by atoms with Crippen molar-refractivity contribution in [3.63, 3.8) is 0 Å². The lowest BCUT2D eigenvalue weighted by Gasteiger charge is -2.32. The van der Waals surface area contributed by atoms with Crippen LogP contribution in [-0.4, -0.2) is 20.7 Å². The summed E-state index contributed by atoms with van der Waals surface area (Å²) in [6.45, 7) is 6.56. The van der Waals surface area contributed by atoms with Crippen LogP contribution in [0.25, 0.3) is 0 Å². The highest BCUT2D eigenvalue weighted by Crippen LogP contribution is 2.34. The molecule has 3 unspecified atom stereocenters. The molecule has 6 nitrogen and oxygen atoms in total. The first kappa shape index (κ1) is 15.8. The molecule has 0 radical (unpaired) electrons. The first-order chi connectivity index (χ1) is 9.93. The number of nitrogens with zero attached hydrogens (tertiary/aromatic N) is 3. The normalized spacial score (nSPS) is 25.8. The lowest BCUT2D eigenvalue weighted by Crippen LogP contribution is -2.31. The second-order valence-electron chi connectivity index (χ2n) is 6.38. The lowest BCUT2D eigenvalue weighted by molar-refractivity contribution is -0.384. The molecule has 1 fully saturated rings. The van der Waals surface area contributed by atoms with Crippen molar-refractivity contribution in [2.24, 2.45) is 18.9 Å². The molecule has 118 valence electrons. The highest BCUT2D eigenvalue weighted by atomic mass is 16.6. The zero-order valence-corrected chi connectivity index (χ0v) is 13.4. The minimum absolute atomic E-state index is 0.158. The van der Waals surface area contributed by atoms with Crippen LogP contribution < -0.4 is 5.32 Å². The van der Waals surface area contributed by atoms with Gasteiger partial charge >= 0.3 is 5.69 Å². The second-order valence-corrected chi connectivity index (χ2v) is 6.38. The molecule has 1 aliphatic carbocycles. The van der Waals surface area contributed by atoms with Crippen LogP contribution in [0.15, 0.2) is 0 Å². The molecule has 6 heteroatoms. The summed E-state index contributed by atoms with van der Waals surface area (Å²) in [7, 11) is 1.78. The van der Waals surface area contributed by atoms with Gasteiger partial charge in [0.25, 0.3) is 0 Å². The van der Waals surface area contributed by atoms with Crippen LogP contribution in [0.2, 0.25) is 0 Å². The number of rotatable bonds is 5. The summed E-state index contributed by atoms with van der Waals surface area (Å²) < 4.78 is 1.63. The molecular weight excluding hydrogens is 268 g/mol. The summed E-state index contributed by atoms with van der Waals surface area (Å²) in [5.41, 5.74) is 0.746. The third-order valence-corrected chi connectivity index (χ3v) is 4.70. The molecule has 0 aliphatic heterocycles. The molecule has 1 heterocycles. The molecule has 0 aromatic carbocycles. The molecule has 1 aromatic heterocycles. The fourth-order valence-electron chi connectivity index (χ4n) is 3.20. The summed E-state index contributed by atoms with van der Waals surface area (Å²) in [5, 5.41) is 19.1. The largest absolute Gasteiger partial charge is 0.362 e. The fourth-order valence-corrected chi connectivity index (χ4v) is 3.20. The minimum atomic E-state index is -0.296. The van der Waals surface area contributed by atoms with E-state index in [1.54, 1.807) is 11.7 Å². The molecule has 1 aromatic rings. The van der Waals surface area contributed by atoms with Crippen LogP contribution in [0.3, 0.4) is 0 Å². The predicted molar refractivity (Wildman–Crippen MR) is 83.4 cm³/mol. The Hall–Kier alpha value is -1.59. The summed E-state index contributed by atoms with van der Waals surface area (Å²) >= 11 is 0. The lowest BCUT2D eigenvalue weighted by atomic mass is 9.79. The molecule has 2 rings (SSSR count). The van der Waals surface area contributed by atoms with Crippen molar-refractivity contribution in [1.29, 1.82) is 0 Å². The predicted octanol–water partition coefficient (Wildman–Crippen LogP) is 3.52. The van der Waals surface area contributed by atoms with Crippen LogP contribution >= 0.6 is 0 Å². The number of nitro groups is 1. The van der Waals surface area contributed by atoms with Gasteiger partial charge in [0.2, 0.25) is 5.82 Å². The highest BCUT2D eigenvalue weighted by Gasteiger charge is 2.30. The van der Waals surface area contributed by atoms with E-state index >= 15 is 0 Å². The molecular formula is C15H26N4O2. The van der Waals surface area contributed by atoms with Gasteiger partial charge in [-0.1, -0.05) is 27.2 Å². The molecule has 1 aliphatic rings. The SMILES string of the molecule is CCCc1nn(C)c(NC2CCC(C)C(C)C2)c1[N+](=O)[O-]. The maximum atomic E-state index is 11.4. The van der Waals surface area contributed by atoms with Gasteiger partial charge in [-0.05, 0) is 37.5 Å². The number of aromatic nitrogens is 2. The van der Waals surface area contributed by atoms with Crippen molar-refractivity contribution in [2.45, 2.75) is 58.9 Å². The van der Waals surface area contributed by atoms with Crippen molar-refractivity contribution in [3.8, 4) is 0 Å². The van der Waals surface area contributed by atoms with Gasteiger partial charge in [0.15, 0.2) is 0 Å². The van der Waals surface area contributed by atoms with E-state index in [1.807, 2.05) is 6.92 Å². The van der Waals surface area contributed by atoms with Crippen LogP contribution in [-0.2, 0) is 13.5 Å². The van der Waals surface area contributed by atoms with Gasteiger partial charge in [0, 0.05) is 13.1 Å². The maximum absolute atomic E-state index is 11.4. The van der Waals surface area contributed by atoms with Crippen LogP contribution in [0.5, 0.6) is 0 Å². The quantitative estimate of drug-likeness (QED) is 0.666. The van der Waals surface area contributed by atoms with Crippen molar-refractivity contribution in [2.75, 3.05) is 5.32 Å². The third kappa shape index (κ3) is 3.36. The maximum Gasteiger partial charge on any atom is 0.333 e. The van der Waals surface area contributed by atoms with E-state index < -0.39 is 0 Å². The number of hydrogen-bond donors (Lipinski definition) is 1. The van der Waals surface area contributed by atoms with E-state index in [4.69, 9.17) is 0 Å². The zero-order chi connectivity index (χ0) is 15.6. The Morgan fingerprint density at radius 3 is 2.67 bits per heavy atom. The van der Waals surface area contributed by atoms with Gasteiger partial charge < -0.3 is 5.32 Å². The van der Waals surface area contributed by atoms with Gasteiger partial charge in [-0.25, -0.2) is 4.68 Å². The monoisotopic (exact) mass is 294 g/mol. The van der Waals surface area contributed by atoms with Gasteiger partial charge in [0.05, 0.1) is 4.92 Å². The van der Waals surface area contributed by atoms with Crippen molar-refractivity contribution < 1.29 is 4.92 Å². The molecule has 21 heavy (non-hydrogen) atoms. The van der Waals surface area contributed by atoms with Crippen LogP contribution in [0.1, 0.15) is 52.1 Å². The Labute approximate surface area is 126 Å². The summed E-state index contributed by atoms with van der Waals surface area (Å²) in [4.78, 5) is 11.1. The van der Waals surface area contributed by atoms with E-state index in [1.165, 1.54) is 6.42 Å². The van der Waals surface area contributed by atoms with Crippen molar-refractivity contribution >= 4 is 11.5 Å². The second kappa shape index (κ2) is 6.45. The molecule has 0 spiro atoms. The van der Waals surface area contributed by atoms with E-state index in [2.05, 4.69) is 24.3 Å². The minimum Gasteiger partial charge on any atom is -0.362 e. The fraction of sp³-hybridized carbons (Fsp3) is 0.800. The third-order valence-electron chi connectivity index (χ3n) is 4.70. The van der Waals surface area contributed by atoms with E-state index in [9.17, 15) is 10.1 Å². The Bertz CT molecular complexity index is 512. The average Bonchev–Trinajstić information content (AvgIpc) is 2.71. The smallest absolute Gasteiger partial charge is 0.333 e. The Morgan fingerprint density at radius 1 is 1.38 bits per heavy atom. The van der Waals surface area contributed by atoms with Gasteiger partial charge in [-0.2, -0.15) is 5.10 Å². The topological polar surface area (TPSA) is 73.0 Å². The first-order valence-corrected chi connectivity index (χ1v) is 7.90. The molecule has 0 amide bonds. The van der Waals surface area contributed by atoms with Crippen LogP contribution in [0.4, 0.5) is 11.5 Å². The van der Waals surface area contributed by atoms with Gasteiger partial charge in [0.1, 0.15) is 5.69 Å². The highest BCUT2D eigenvalue weighted by molar-refractivity contribution is 5.60. The summed E-state index contributed by atoms with van der Waals surface area (Å²) in [6.07, 6.45) is 4.80. The number of nitrogens with one attached hydrogen (secondary N) is 1. The van der Waals surface area contributed by atoms with Gasteiger partial charge in [-0.3, -0.25) is 10.1 Å². The molecule has 0 saturated heterocycles. The van der Waals surface area contributed by atoms with Gasteiger partial charge in [-0.15, -0.1) is 0 Å². The number of aryl methyl sites for hydroxylation is 2. The number of anilines is 1. The van der Waals surface area contributed by atoms with Crippen molar-refractivity contribution in [3.05, 3.63) is 15.8 Å². The number of hydrogen-bond acceptors (Lipinski definition) is 4. The molecule has 1 saturated carbocycles.